The third-order valence-electron chi connectivity index (χ3n) is 2.81. The van der Waals surface area contributed by atoms with Crippen LogP contribution in [0.15, 0.2) is 24.3 Å². The van der Waals surface area contributed by atoms with Crippen molar-refractivity contribution in [3.63, 3.8) is 0 Å². The van der Waals surface area contributed by atoms with Crippen LogP contribution in [-0.2, 0) is 20.7 Å². The summed E-state index contributed by atoms with van der Waals surface area (Å²) in [6, 6.07) is 7.25. The van der Waals surface area contributed by atoms with E-state index in [4.69, 9.17) is 14.6 Å². The van der Waals surface area contributed by atoms with Gasteiger partial charge in [0.2, 0.25) is 5.91 Å². The van der Waals surface area contributed by atoms with Gasteiger partial charge in [-0.3, -0.25) is 9.59 Å². The second-order valence-corrected chi connectivity index (χ2v) is 4.25. The molecule has 110 valence electrons. The fourth-order valence-electron chi connectivity index (χ4n) is 1.75. The molecule has 1 rings (SSSR count). The Kier molecular flexibility index (Phi) is 6.52. The van der Waals surface area contributed by atoms with E-state index >= 15 is 0 Å². The van der Waals surface area contributed by atoms with Crippen molar-refractivity contribution in [1.29, 1.82) is 0 Å². The van der Waals surface area contributed by atoms with Crippen LogP contribution < -0.4 is 10.1 Å². The Balaban J connectivity index is 2.49. The van der Waals surface area contributed by atoms with Crippen molar-refractivity contribution in [1.82, 2.24) is 5.32 Å². The van der Waals surface area contributed by atoms with Crippen molar-refractivity contribution in [3.05, 3.63) is 29.8 Å². The molecule has 0 aliphatic heterocycles. The maximum absolute atomic E-state index is 11.8. The first kappa shape index (κ1) is 16.0. The Labute approximate surface area is 117 Å². The zero-order valence-electron chi connectivity index (χ0n) is 11.6. The second-order valence-electron chi connectivity index (χ2n) is 4.25. The van der Waals surface area contributed by atoms with Crippen LogP contribution in [-0.4, -0.2) is 43.9 Å². The number of para-hydroxylation sites is 1. The first-order valence-electron chi connectivity index (χ1n) is 6.20. The third-order valence-corrected chi connectivity index (χ3v) is 2.81. The number of ether oxygens (including phenoxy) is 2. The van der Waals surface area contributed by atoms with Crippen molar-refractivity contribution in [3.8, 4) is 5.75 Å². The Morgan fingerprint density at radius 1 is 1.30 bits per heavy atom. The summed E-state index contributed by atoms with van der Waals surface area (Å²) in [5, 5.41) is 11.3. The van der Waals surface area contributed by atoms with Crippen LogP contribution in [0.1, 0.15) is 12.0 Å². The lowest BCUT2D eigenvalue weighted by atomic mass is 10.1. The molecule has 1 aromatic rings. The van der Waals surface area contributed by atoms with E-state index in [0.29, 0.717) is 5.75 Å². The van der Waals surface area contributed by atoms with Crippen LogP contribution in [0.2, 0.25) is 0 Å². The molecule has 1 aromatic carbocycles. The normalized spacial score (nSPS) is 11.7. The monoisotopic (exact) mass is 281 g/mol. The molecule has 6 heteroatoms. The highest BCUT2D eigenvalue weighted by molar-refractivity contribution is 5.79. The topological polar surface area (TPSA) is 84.9 Å². The summed E-state index contributed by atoms with van der Waals surface area (Å²) in [5.41, 5.74) is 0.778. The molecule has 0 aliphatic rings. The molecule has 0 heterocycles. The van der Waals surface area contributed by atoms with Gasteiger partial charge in [0.15, 0.2) is 0 Å². The number of nitrogens with one attached hydrogen (secondary N) is 1. The molecule has 0 fully saturated rings. The van der Waals surface area contributed by atoms with Gasteiger partial charge in [-0.05, 0) is 6.07 Å². The Morgan fingerprint density at radius 2 is 2.00 bits per heavy atom. The summed E-state index contributed by atoms with van der Waals surface area (Å²) >= 11 is 0. The Hall–Kier alpha value is -2.08. The number of benzene rings is 1. The van der Waals surface area contributed by atoms with Gasteiger partial charge in [0.05, 0.1) is 26.1 Å². The molecule has 1 amide bonds. The number of carboxylic acid groups (broad SMARTS) is 1. The SMILES string of the molecule is COc1ccccc1CC(=O)NCC(CC(=O)O)OC. The van der Waals surface area contributed by atoms with Crippen LogP contribution >= 0.6 is 0 Å². The summed E-state index contributed by atoms with van der Waals surface area (Å²) in [4.78, 5) is 22.4. The largest absolute Gasteiger partial charge is 0.496 e. The van der Waals surface area contributed by atoms with Crippen LogP contribution in [0.3, 0.4) is 0 Å². The number of hydrogen-bond acceptors (Lipinski definition) is 4. The summed E-state index contributed by atoms with van der Waals surface area (Å²) < 4.78 is 10.1. The predicted octanol–water partition coefficient (Wildman–Crippen LogP) is 0.844. The molecule has 0 aromatic heterocycles. The maximum atomic E-state index is 11.8. The van der Waals surface area contributed by atoms with Gasteiger partial charge in [0.25, 0.3) is 0 Å². The highest BCUT2D eigenvalue weighted by atomic mass is 16.5. The van der Waals surface area contributed by atoms with Gasteiger partial charge in [-0.15, -0.1) is 0 Å². The van der Waals surface area contributed by atoms with E-state index in [1.807, 2.05) is 18.2 Å². The highest BCUT2D eigenvalue weighted by Gasteiger charge is 2.14. The minimum absolute atomic E-state index is 0.147. The number of aliphatic carboxylic acids is 1. The van der Waals surface area contributed by atoms with Crippen molar-refractivity contribution in [2.75, 3.05) is 20.8 Å². The maximum Gasteiger partial charge on any atom is 0.306 e. The van der Waals surface area contributed by atoms with Crippen LogP contribution in [0.25, 0.3) is 0 Å². The smallest absolute Gasteiger partial charge is 0.306 e. The van der Waals surface area contributed by atoms with E-state index in [-0.39, 0.29) is 25.3 Å². The minimum atomic E-state index is -0.962. The number of carboxylic acids is 1. The number of amides is 1. The Morgan fingerprint density at radius 3 is 2.60 bits per heavy atom. The van der Waals surface area contributed by atoms with Gasteiger partial charge in [-0.2, -0.15) is 0 Å². The average Bonchev–Trinajstić information content (AvgIpc) is 2.43. The molecular weight excluding hydrogens is 262 g/mol. The van der Waals surface area contributed by atoms with Gasteiger partial charge < -0.3 is 19.9 Å². The van der Waals surface area contributed by atoms with Crippen molar-refractivity contribution < 1.29 is 24.2 Å². The van der Waals surface area contributed by atoms with Crippen LogP contribution in [0.5, 0.6) is 5.75 Å². The van der Waals surface area contributed by atoms with Gasteiger partial charge in [-0.25, -0.2) is 0 Å². The van der Waals surface area contributed by atoms with Gasteiger partial charge >= 0.3 is 5.97 Å². The molecule has 20 heavy (non-hydrogen) atoms. The average molecular weight is 281 g/mol. The first-order valence-corrected chi connectivity index (χ1v) is 6.20. The molecule has 0 saturated carbocycles. The lowest BCUT2D eigenvalue weighted by Crippen LogP contribution is -2.35. The van der Waals surface area contributed by atoms with E-state index in [2.05, 4.69) is 5.32 Å². The number of rotatable bonds is 8. The first-order chi connectivity index (χ1) is 9.56. The quantitative estimate of drug-likeness (QED) is 0.737. The van der Waals surface area contributed by atoms with Gasteiger partial charge in [0, 0.05) is 19.2 Å². The van der Waals surface area contributed by atoms with E-state index in [9.17, 15) is 9.59 Å². The number of carbonyl (C=O) groups is 2. The fourth-order valence-corrected chi connectivity index (χ4v) is 1.75. The molecule has 0 bridgehead atoms. The fraction of sp³-hybridized carbons (Fsp3) is 0.429. The molecule has 1 unspecified atom stereocenters. The third kappa shape index (κ3) is 5.27. The second kappa shape index (κ2) is 8.16. The number of methoxy groups -OCH3 is 2. The lowest BCUT2D eigenvalue weighted by Gasteiger charge is -2.14. The van der Waals surface area contributed by atoms with Gasteiger partial charge in [0.1, 0.15) is 5.75 Å². The van der Waals surface area contributed by atoms with Crippen LogP contribution in [0, 0.1) is 0 Å². The molecule has 1 atom stereocenters. The molecule has 6 nitrogen and oxygen atoms in total. The van der Waals surface area contributed by atoms with E-state index in [1.165, 1.54) is 7.11 Å². The lowest BCUT2D eigenvalue weighted by molar-refractivity contribution is -0.140. The molecule has 0 spiro atoms. The van der Waals surface area contributed by atoms with Crippen molar-refractivity contribution >= 4 is 11.9 Å². The van der Waals surface area contributed by atoms with Crippen molar-refractivity contribution in [2.24, 2.45) is 0 Å². The highest BCUT2D eigenvalue weighted by Crippen LogP contribution is 2.17. The molecular formula is C14H19NO5. The van der Waals surface area contributed by atoms with E-state index in [0.717, 1.165) is 5.56 Å². The zero-order valence-corrected chi connectivity index (χ0v) is 11.6. The summed E-state index contributed by atoms with van der Waals surface area (Å²) in [6.45, 7) is 0.163. The molecule has 0 aliphatic carbocycles. The van der Waals surface area contributed by atoms with E-state index in [1.54, 1.807) is 13.2 Å². The standard InChI is InChI=1S/C14H19NO5/c1-19-11(8-14(17)18)9-15-13(16)7-10-5-3-4-6-12(10)20-2/h3-6,11H,7-9H2,1-2H3,(H,15,16)(H,17,18). The van der Waals surface area contributed by atoms with Gasteiger partial charge in [-0.1, -0.05) is 18.2 Å². The summed E-state index contributed by atoms with van der Waals surface area (Å²) in [5.74, 6) is -0.519. The predicted molar refractivity (Wildman–Crippen MR) is 72.8 cm³/mol. The molecule has 2 N–H and O–H groups in total. The molecule has 0 radical (unpaired) electrons. The molecule has 0 saturated heterocycles. The zero-order chi connectivity index (χ0) is 15.0. The van der Waals surface area contributed by atoms with E-state index < -0.39 is 12.1 Å². The van der Waals surface area contributed by atoms with Crippen molar-refractivity contribution in [2.45, 2.75) is 18.9 Å². The van der Waals surface area contributed by atoms with Crippen LogP contribution in [0.4, 0.5) is 0 Å². The summed E-state index contributed by atoms with van der Waals surface area (Å²) in [6.07, 6.45) is -0.506. The summed E-state index contributed by atoms with van der Waals surface area (Å²) in [7, 11) is 2.96. The number of carbonyl (C=O) groups excluding carboxylic acids is 1. The Bertz CT molecular complexity index is 461. The number of hydrogen-bond donors (Lipinski definition) is 2. The minimum Gasteiger partial charge on any atom is -0.496 e.